The van der Waals surface area contributed by atoms with Crippen molar-refractivity contribution < 1.29 is 57.4 Å². The van der Waals surface area contributed by atoms with E-state index in [1.165, 1.54) is 48.0 Å². The zero-order valence-electron chi connectivity index (χ0n) is 50.4. The van der Waals surface area contributed by atoms with Gasteiger partial charge in [-0.3, -0.25) is 43.3 Å². The summed E-state index contributed by atoms with van der Waals surface area (Å²) in [7, 11) is 3.11. The standard InChI is InChI=1S/C61H83BrN10O12/c1-34(69(12)58(81)84-61(9,10)11)50(73)67-48(59(3,4)5)56(79)71-32-38(30-44(71)54(77)65-42-26-28-82-46-20-16-14-18-40(42)46)63-52(75)36-22-24-37(25-23-36)53(76)64-39-31-45(55(78)66-43-27-29-83-47-21-17-15-19-41(43)47)72(33-39)57(80)49(60(6,7)8)68-51(74)35(2)70(13)62/h14-25,34-35,38-39,42-45,48-49H,26-33H2,1-13H3,(H,63,75)(H,64,76)(H,65,77)(H,66,78)(H,67,73)(H,68,74). The highest BCUT2D eigenvalue weighted by atomic mass is 79.9. The monoisotopic (exact) mass is 1230 g/mol. The molecule has 4 aliphatic rings. The number of carbonyl (C=O) groups is 9. The van der Waals surface area contributed by atoms with Crippen molar-refractivity contribution in [1.82, 2.24) is 50.5 Å². The topological polar surface area (TPSA) is 266 Å². The van der Waals surface area contributed by atoms with E-state index in [1.54, 1.807) is 59.4 Å². The van der Waals surface area contributed by atoms with Crippen molar-refractivity contribution in [2.45, 2.75) is 168 Å². The van der Waals surface area contributed by atoms with Gasteiger partial charge in [-0.15, -0.1) is 0 Å². The largest absolute Gasteiger partial charge is 0.493 e. The summed E-state index contributed by atoms with van der Waals surface area (Å²) in [6, 6.07) is 12.4. The molecule has 4 aliphatic heterocycles. The summed E-state index contributed by atoms with van der Waals surface area (Å²) >= 11 is 3.32. The maximum Gasteiger partial charge on any atom is 0.410 e. The van der Waals surface area contributed by atoms with Gasteiger partial charge in [-0.1, -0.05) is 77.9 Å². The number of benzene rings is 3. The fraction of sp³-hybridized carbons (Fsp3) is 0.557. The van der Waals surface area contributed by atoms with E-state index in [0.29, 0.717) is 37.6 Å². The van der Waals surface area contributed by atoms with Crippen LogP contribution in [0.25, 0.3) is 0 Å². The van der Waals surface area contributed by atoms with E-state index >= 15 is 0 Å². The second-order valence-corrected chi connectivity index (χ2v) is 26.6. The van der Waals surface area contributed by atoms with Gasteiger partial charge in [0.2, 0.25) is 35.4 Å². The molecule has 23 heteroatoms. The van der Waals surface area contributed by atoms with Crippen molar-refractivity contribution in [3.63, 3.8) is 0 Å². The van der Waals surface area contributed by atoms with E-state index in [4.69, 9.17) is 14.2 Å². The average Bonchev–Trinajstić information content (AvgIpc) is 4.24. The third-order valence-electron chi connectivity index (χ3n) is 15.8. The lowest BCUT2D eigenvalue weighted by Crippen LogP contribution is -2.60. The van der Waals surface area contributed by atoms with Crippen LogP contribution in [0.5, 0.6) is 11.5 Å². The van der Waals surface area contributed by atoms with Gasteiger partial charge < -0.3 is 55.9 Å². The van der Waals surface area contributed by atoms with Crippen LogP contribution in [0.2, 0.25) is 0 Å². The molecule has 3 aromatic rings. The number of rotatable bonds is 16. The smallest absolute Gasteiger partial charge is 0.410 e. The number of likely N-dealkylation sites (N-methyl/N-ethyl adjacent to an activating group) is 2. The molecular formula is C61H83BrN10O12. The van der Waals surface area contributed by atoms with Gasteiger partial charge in [0, 0.05) is 83.5 Å². The molecule has 84 heavy (non-hydrogen) atoms. The molecule has 0 aliphatic carbocycles. The van der Waals surface area contributed by atoms with Gasteiger partial charge in [0.15, 0.2) is 0 Å². The normalized spacial score (nSPS) is 21.8. The van der Waals surface area contributed by atoms with Crippen molar-refractivity contribution in [3.8, 4) is 11.5 Å². The van der Waals surface area contributed by atoms with E-state index in [0.717, 1.165) is 16.0 Å². The quantitative estimate of drug-likeness (QED) is 0.0995. The van der Waals surface area contributed by atoms with Crippen LogP contribution < -0.4 is 41.4 Å². The summed E-state index contributed by atoms with van der Waals surface area (Å²) in [5.41, 5.74) is -0.547. The Morgan fingerprint density at radius 3 is 1.32 bits per heavy atom. The van der Waals surface area contributed by atoms with Crippen LogP contribution in [-0.4, -0.2) is 166 Å². The summed E-state index contributed by atoms with van der Waals surface area (Å²) in [5, 5.41) is 18.0. The van der Waals surface area contributed by atoms with Gasteiger partial charge in [0.25, 0.3) is 11.8 Å². The van der Waals surface area contributed by atoms with Crippen LogP contribution >= 0.6 is 16.1 Å². The molecule has 456 valence electrons. The number of halogens is 1. The lowest BCUT2D eigenvalue weighted by atomic mass is 9.85. The number of nitrogens with zero attached hydrogens (tertiary/aromatic N) is 4. The fourth-order valence-corrected chi connectivity index (χ4v) is 10.9. The van der Waals surface area contributed by atoms with E-state index < -0.39 is 130 Å². The first-order chi connectivity index (χ1) is 39.3. The van der Waals surface area contributed by atoms with Gasteiger partial charge in [-0.05, 0) is 102 Å². The van der Waals surface area contributed by atoms with Crippen LogP contribution in [0.1, 0.15) is 146 Å². The highest BCUT2D eigenvalue weighted by Crippen LogP contribution is 2.35. The van der Waals surface area contributed by atoms with Crippen LogP contribution in [0.3, 0.4) is 0 Å². The Balaban J connectivity index is 1.07. The summed E-state index contributed by atoms with van der Waals surface area (Å²) in [6.45, 7) is 19.7. The lowest BCUT2D eigenvalue weighted by Gasteiger charge is -2.37. The third kappa shape index (κ3) is 15.5. The molecule has 10 unspecified atom stereocenters. The first-order valence-corrected chi connectivity index (χ1v) is 29.4. The Labute approximate surface area is 500 Å². The zero-order chi connectivity index (χ0) is 61.7. The molecule has 3 aromatic carbocycles. The van der Waals surface area contributed by atoms with Gasteiger partial charge in [-0.2, -0.15) is 0 Å². The van der Waals surface area contributed by atoms with Crippen LogP contribution in [0.15, 0.2) is 72.8 Å². The highest BCUT2D eigenvalue weighted by molar-refractivity contribution is 9.07. The molecule has 9 amide bonds. The number of hydrogen-bond acceptors (Lipinski definition) is 13. The predicted molar refractivity (Wildman–Crippen MR) is 316 cm³/mol. The number of nitrogens with one attached hydrogen (secondary N) is 6. The van der Waals surface area contributed by atoms with Crippen LogP contribution in [-0.2, 0) is 33.5 Å². The van der Waals surface area contributed by atoms with Crippen molar-refractivity contribution in [3.05, 3.63) is 95.1 Å². The molecule has 10 atom stereocenters. The van der Waals surface area contributed by atoms with Gasteiger partial charge in [0.1, 0.15) is 47.3 Å². The van der Waals surface area contributed by atoms with Gasteiger partial charge in [0.05, 0.1) is 31.3 Å². The molecular weight excluding hydrogens is 1140 g/mol. The molecule has 6 N–H and O–H groups in total. The molecule has 2 saturated heterocycles. The second kappa shape index (κ2) is 26.3. The number of amides is 9. The number of hydrogen-bond donors (Lipinski definition) is 6. The first-order valence-electron chi connectivity index (χ1n) is 28.6. The first kappa shape index (κ1) is 64.3. The van der Waals surface area contributed by atoms with Crippen molar-refractivity contribution in [2.24, 2.45) is 10.8 Å². The number of ether oxygens (including phenoxy) is 3. The van der Waals surface area contributed by atoms with Crippen molar-refractivity contribution in [1.29, 1.82) is 0 Å². The highest BCUT2D eigenvalue weighted by Gasteiger charge is 2.48. The summed E-state index contributed by atoms with van der Waals surface area (Å²) in [6.07, 6.45) is 0.330. The molecule has 0 saturated carbocycles. The van der Waals surface area contributed by atoms with E-state index in [9.17, 15) is 43.2 Å². The van der Waals surface area contributed by atoms with Gasteiger partial charge in [-0.25, -0.2) is 8.72 Å². The minimum Gasteiger partial charge on any atom is -0.493 e. The Morgan fingerprint density at radius 2 is 0.952 bits per heavy atom. The van der Waals surface area contributed by atoms with E-state index in [-0.39, 0.29) is 37.1 Å². The molecule has 0 spiro atoms. The van der Waals surface area contributed by atoms with Crippen molar-refractivity contribution >= 4 is 69.5 Å². The van der Waals surface area contributed by atoms with E-state index in [2.05, 4.69) is 48.0 Å². The number of carbonyl (C=O) groups excluding carboxylic acids is 9. The molecule has 0 bridgehead atoms. The minimum absolute atomic E-state index is 0.0236. The number of para-hydroxylation sites is 2. The fourth-order valence-electron chi connectivity index (χ4n) is 10.7. The molecule has 4 heterocycles. The number of fused-ring (bicyclic) bond motifs is 2. The molecule has 22 nitrogen and oxygen atoms in total. The van der Waals surface area contributed by atoms with E-state index in [1.807, 2.05) is 69.3 Å². The molecule has 2 fully saturated rings. The van der Waals surface area contributed by atoms with Gasteiger partial charge >= 0.3 is 6.09 Å². The zero-order valence-corrected chi connectivity index (χ0v) is 52.0. The summed E-state index contributed by atoms with van der Waals surface area (Å²) in [4.78, 5) is 131. The molecule has 0 radical (unpaired) electrons. The Bertz CT molecular complexity index is 2960. The summed E-state index contributed by atoms with van der Waals surface area (Å²) in [5.74, 6) is -2.74. The summed E-state index contributed by atoms with van der Waals surface area (Å²) < 4.78 is 18.7. The average molecular weight is 1230 g/mol. The molecule has 7 rings (SSSR count). The van der Waals surface area contributed by atoms with Crippen LogP contribution in [0, 0.1) is 10.8 Å². The SMILES string of the molecule is CC(C(=O)NC(C(=O)N1CC(NC(=O)c2ccc(C(=O)NC3CC(C(=O)NC4CCOc5ccccc54)N(C(=O)C(NC(=O)C(C)N(C)C(=O)OC(C)(C)C)C(C)(C)C)C3)cc2)CC1C(=O)NC1CCOc2ccccc21)C(C)(C)C)N(C)Br. The third-order valence-corrected chi connectivity index (χ3v) is 16.4. The Kier molecular flexibility index (Phi) is 20.2. The number of likely N-dealkylation sites (tertiary alicyclic amines) is 2. The Hall–Kier alpha value is -7.27. The predicted octanol–water partition coefficient (Wildman–Crippen LogP) is 5.31. The lowest BCUT2D eigenvalue weighted by molar-refractivity contribution is -0.144. The maximum atomic E-state index is 14.9. The maximum absolute atomic E-state index is 14.9. The second-order valence-electron chi connectivity index (χ2n) is 25.5. The molecule has 0 aromatic heterocycles. The van der Waals surface area contributed by atoms with Crippen LogP contribution in [0.4, 0.5) is 4.79 Å². The minimum atomic E-state index is -1.18. The van der Waals surface area contributed by atoms with Crippen molar-refractivity contribution in [2.75, 3.05) is 40.4 Å². The Morgan fingerprint density at radius 1 is 0.571 bits per heavy atom.